The third-order valence-electron chi connectivity index (χ3n) is 1.99. The largest absolute Gasteiger partial charge is 0.496 e. The van der Waals surface area contributed by atoms with E-state index in [-0.39, 0.29) is 0 Å². The minimum atomic E-state index is 0.841. The number of rotatable bonds is 2. The summed E-state index contributed by atoms with van der Waals surface area (Å²) in [6.07, 6.45) is 0. The van der Waals surface area contributed by atoms with Gasteiger partial charge in [0.05, 0.1) is 12.7 Å². The fraction of sp³-hybridized carbons (Fsp3) is 0.200. The average molecular weight is 332 g/mol. The Morgan fingerprint density at radius 2 is 2.13 bits per heavy atom. The summed E-state index contributed by atoms with van der Waals surface area (Å²) in [5.74, 6) is 0.841. The predicted molar refractivity (Wildman–Crippen MR) is 69.4 cm³/mol. The molecule has 15 heavy (non-hydrogen) atoms. The second-order valence-corrected chi connectivity index (χ2v) is 5.80. The molecule has 0 fully saturated rings. The second-order valence-electron chi connectivity index (χ2n) is 3.06. The van der Waals surface area contributed by atoms with Crippen LogP contribution in [0.3, 0.4) is 0 Å². The highest BCUT2D eigenvalue weighted by atomic mass is 127. The number of hydrogen-bond acceptors (Lipinski definition) is 4. The smallest absolute Gasteiger partial charge is 0.178 e. The van der Waals surface area contributed by atoms with Gasteiger partial charge in [0.1, 0.15) is 5.75 Å². The minimum Gasteiger partial charge on any atom is -0.496 e. The van der Waals surface area contributed by atoms with E-state index in [0.717, 1.165) is 19.3 Å². The van der Waals surface area contributed by atoms with Crippen LogP contribution in [-0.4, -0.2) is 17.3 Å². The van der Waals surface area contributed by atoms with Gasteiger partial charge in [-0.25, -0.2) is 0 Å². The Bertz CT molecular complexity index is 484. The number of aryl methyl sites for hydroxylation is 1. The third-order valence-corrected chi connectivity index (χ3v) is 3.61. The highest BCUT2D eigenvalue weighted by molar-refractivity contribution is 14.1. The molecule has 2 aromatic rings. The van der Waals surface area contributed by atoms with Crippen LogP contribution in [0.15, 0.2) is 18.2 Å². The first-order valence-electron chi connectivity index (χ1n) is 4.34. The molecule has 1 aromatic carbocycles. The van der Waals surface area contributed by atoms with Gasteiger partial charge in [0.15, 0.2) is 8.02 Å². The molecule has 0 aliphatic carbocycles. The topological polar surface area (TPSA) is 35.0 Å². The van der Waals surface area contributed by atoms with Crippen LogP contribution in [0.1, 0.15) is 5.56 Å². The molecule has 3 nitrogen and oxygen atoms in total. The van der Waals surface area contributed by atoms with Gasteiger partial charge in [-0.1, -0.05) is 23.0 Å². The van der Waals surface area contributed by atoms with E-state index in [0.29, 0.717) is 0 Å². The van der Waals surface area contributed by atoms with E-state index in [1.807, 2.05) is 12.1 Å². The van der Waals surface area contributed by atoms with Gasteiger partial charge < -0.3 is 4.74 Å². The zero-order chi connectivity index (χ0) is 10.8. The summed E-state index contributed by atoms with van der Waals surface area (Å²) in [6.45, 7) is 2.05. The maximum atomic E-state index is 5.30. The van der Waals surface area contributed by atoms with E-state index < -0.39 is 0 Å². The Labute approximate surface area is 106 Å². The number of hydrogen-bond donors (Lipinski definition) is 0. The quantitative estimate of drug-likeness (QED) is 0.793. The SMILES string of the molecule is COc1ccc(C)cc1-c1nnc(I)s1. The Kier molecular flexibility index (Phi) is 3.20. The number of nitrogens with zero attached hydrogens (tertiary/aromatic N) is 2. The maximum absolute atomic E-state index is 5.30. The van der Waals surface area contributed by atoms with Crippen LogP contribution in [0, 0.1) is 9.94 Å². The van der Waals surface area contributed by atoms with Gasteiger partial charge in [-0.2, -0.15) is 0 Å². The molecule has 0 radical (unpaired) electrons. The van der Waals surface area contributed by atoms with Crippen molar-refractivity contribution >= 4 is 33.9 Å². The fourth-order valence-electron chi connectivity index (χ4n) is 1.30. The van der Waals surface area contributed by atoms with Crippen molar-refractivity contribution in [2.24, 2.45) is 0 Å². The number of halogens is 1. The molecule has 1 aromatic heterocycles. The summed E-state index contributed by atoms with van der Waals surface area (Å²) in [6, 6.07) is 6.04. The Morgan fingerprint density at radius 1 is 1.33 bits per heavy atom. The molecular formula is C10H9IN2OS. The van der Waals surface area contributed by atoms with Crippen molar-refractivity contribution in [3.63, 3.8) is 0 Å². The van der Waals surface area contributed by atoms with Crippen LogP contribution < -0.4 is 4.74 Å². The summed E-state index contributed by atoms with van der Waals surface area (Å²) in [5.41, 5.74) is 2.20. The van der Waals surface area contributed by atoms with Gasteiger partial charge in [0, 0.05) is 0 Å². The Balaban J connectivity index is 2.55. The van der Waals surface area contributed by atoms with E-state index in [1.165, 1.54) is 5.56 Å². The molecule has 0 saturated carbocycles. The predicted octanol–water partition coefficient (Wildman–Crippen LogP) is 3.13. The van der Waals surface area contributed by atoms with E-state index >= 15 is 0 Å². The van der Waals surface area contributed by atoms with Crippen LogP contribution in [0.4, 0.5) is 0 Å². The fourth-order valence-corrected chi connectivity index (χ4v) is 2.63. The average Bonchev–Trinajstić information content (AvgIpc) is 2.65. The van der Waals surface area contributed by atoms with Crippen LogP contribution >= 0.6 is 33.9 Å². The third kappa shape index (κ3) is 2.28. The van der Waals surface area contributed by atoms with E-state index in [1.54, 1.807) is 18.4 Å². The Hall–Kier alpha value is -0.690. The van der Waals surface area contributed by atoms with Crippen molar-refractivity contribution in [1.82, 2.24) is 10.2 Å². The first-order chi connectivity index (χ1) is 7.20. The molecule has 0 amide bonds. The summed E-state index contributed by atoms with van der Waals surface area (Å²) < 4.78 is 6.24. The van der Waals surface area contributed by atoms with Crippen molar-refractivity contribution in [3.8, 4) is 16.3 Å². The van der Waals surface area contributed by atoms with Crippen molar-refractivity contribution in [2.45, 2.75) is 6.92 Å². The van der Waals surface area contributed by atoms with Gasteiger partial charge in [-0.05, 0) is 41.6 Å². The van der Waals surface area contributed by atoms with Gasteiger partial charge in [0.25, 0.3) is 0 Å². The van der Waals surface area contributed by atoms with Crippen LogP contribution in [0.5, 0.6) is 5.75 Å². The monoisotopic (exact) mass is 332 g/mol. The lowest BCUT2D eigenvalue weighted by Gasteiger charge is -2.05. The number of ether oxygens (including phenoxy) is 1. The van der Waals surface area contributed by atoms with Gasteiger partial charge >= 0.3 is 0 Å². The lowest BCUT2D eigenvalue weighted by molar-refractivity contribution is 0.416. The van der Waals surface area contributed by atoms with E-state index in [2.05, 4.69) is 45.8 Å². The van der Waals surface area contributed by atoms with Crippen LogP contribution in [-0.2, 0) is 0 Å². The number of benzene rings is 1. The summed E-state index contributed by atoms with van der Waals surface area (Å²) >= 11 is 3.73. The zero-order valence-electron chi connectivity index (χ0n) is 8.32. The van der Waals surface area contributed by atoms with Crippen molar-refractivity contribution in [1.29, 1.82) is 0 Å². The highest BCUT2D eigenvalue weighted by Gasteiger charge is 2.10. The molecule has 0 spiro atoms. The van der Waals surface area contributed by atoms with Crippen LogP contribution in [0.25, 0.3) is 10.6 Å². The Morgan fingerprint density at radius 3 is 2.73 bits per heavy atom. The molecule has 0 aliphatic rings. The molecule has 5 heteroatoms. The molecule has 2 rings (SSSR count). The van der Waals surface area contributed by atoms with Crippen molar-refractivity contribution < 1.29 is 4.74 Å². The van der Waals surface area contributed by atoms with Gasteiger partial charge in [-0.3, -0.25) is 0 Å². The molecule has 1 heterocycles. The first kappa shape index (κ1) is 10.8. The lowest BCUT2D eigenvalue weighted by Crippen LogP contribution is -1.88. The summed E-state index contributed by atoms with van der Waals surface area (Å²) in [5, 5.41) is 9.02. The normalized spacial score (nSPS) is 10.3. The van der Waals surface area contributed by atoms with Crippen molar-refractivity contribution in [2.75, 3.05) is 7.11 Å². The molecule has 0 bridgehead atoms. The molecule has 78 valence electrons. The molecular weight excluding hydrogens is 323 g/mol. The minimum absolute atomic E-state index is 0.841. The second kappa shape index (κ2) is 4.44. The standard InChI is InChI=1S/C10H9IN2OS/c1-6-3-4-8(14-2)7(5-6)9-12-13-10(11)15-9/h3-5H,1-2H3. The van der Waals surface area contributed by atoms with Crippen molar-refractivity contribution in [3.05, 3.63) is 26.8 Å². The maximum Gasteiger partial charge on any atom is 0.178 e. The van der Waals surface area contributed by atoms with Gasteiger partial charge in [0.2, 0.25) is 0 Å². The summed E-state index contributed by atoms with van der Waals surface area (Å²) in [7, 11) is 1.67. The molecule has 0 aliphatic heterocycles. The molecule has 0 atom stereocenters. The van der Waals surface area contributed by atoms with E-state index in [4.69, 9.17) is 4.74 Å². The first-order valence-corrected chi connectivity index (χ1v) is 6.24. The van der Waals surface area contributed by atoms with Gasteiger partial charge in [-0.15, -0.1) is 10.2 Å². The molecule has 0 N–H and O–H groups in total. The zero-order valence-corrected chi connectivity index (χ0v) is 11.3. The van der Waals surface area contributed by atoms with Crippen LogP contribution in [0.2, 0.25) is 0 Å². The molecule has 0 unspecified atom stereocenters. The highest BCUT2D eigenvalue weighted by Crippen LogP contribution is 2.32. The number of methoxy groups -OCH3 is 1. The number of aromatic nitrogens is 2. The lowest BCUT2D eigenvalue weighted by atomic mass is 10.1. The molecule has 0 saturated heterocycles. The van der Waals surface area contributed by atoms with E-state index in [9.17, 15) is 0 Å². The summed E-state index contributed by atoms with van der Waals surface area (Å²) in [4.78, 5) is 0.